The Bertz CT molecular complexity index is 412. The van der Waals surface area contributed by atoms with Crippen LogP contribution in [0, 0.1) is 12.8 Å². The Balaban J connectivity index is 2.12. The van der Waals surface area contributed by atoms with Gasteiger partial charge in [0.2, 0.25) is 0 Å². The van der Waals surface area contributed by atoms with Crippen LogP contribution >= 0.6 is 0 Å². The zero-order chi connectivity index (χ0) is 13.2. The molecule has 0 aliphatic heterocycles. The summed E-state index contributed by atoms with van der Waals surface area (Å²) in [6, 6.07) is 1.85. The molecule has 2 rings (SSSR count). The molecule has 4 nitrogen and oxygen atoms in total. The highest BCUT2D eigenvalue weighted by molar-refractivity contribution is 5.54. The quantitative estimate of drug-likeness (QED) is 0.769. The molecule has 1 saturated carbocycles. The van der Waals surface area contributed by atoms with Crippen molar-refractivity contribution in [3.05, 3.63) is 17.8 Å². The maximum absolute atomic E-state index is 9.69. The largest absolute Gasteiger partial charge is 0.398 e. The Morgan fingerprint density at radius 3 is 2.72 bits per heavy atom. The van der Waals surface area contributed by atoms with Crippen molar-refractivity contribution in [2.24, 2.45) is 5.92 Å². The van der Waals surface area contributed by atoms with Crippen LogP contribution in [0.2, 0.25) is 0 Å². The highest BCUT2D eigenvalue weighted by Gasteiger charge is 2.33. The lowest BCUT2D eigenvalue weighted by Gasteiger charge is -2.39. The third-order valence-electron chi connectivity index (χ3n) is 4.07. The number of hydrogen-bond acceptors (Lipinski definition) is 4. The summed E-state index contributed by atoms with van der Waals surface area (Å²) in [5.74, 6) is 1.52. The summed E-state index contributed by atoms with van der Waals surface area (Å²) in [7, 11) is 0. The number of nitrogen functional groups attached to an aromatic ring is 1. The van der Waals surface area contributed by atoms with Crippen molar-refractivity contribution in [3.8, 4) is 0 Å². The normalized spacial score (nSPS) is 28.1. The van der Waals surface area contributed by atoms with Gasteiger partial charge in [-0.2, -0.15) is 0 Å². The van der Waals surface area contributed by atoms with Gasteiger partial charge in [-0.1, -0.05) is 6.92 Å². The molecule has 1 heterocycles. The fraction of sp³-hybridized carbons (Fsp3) is 0.643. The van der Waals surface area contributed by atoms with Gasteiger partial charge in [-0.05, 0) is 44.1 Å². The summed E-state index contributed by atoms with van der Waals surface area (Å²) in [6.45, 7) is 4.36. The summed E-state index contributed by atoms with van der Waals surface area (Å²) >= 11 is 0. The third-order valence-corrected chi connectivity index (χ3v) is 4.07. The minimum atomic E-state index is -0.221. The zero-order valence-electron chi connectivity index (χ0n) is 11.2. The minimum Gasteiger partial charge on any atom is -0.398 e. The van der Waals surface area contributed by atoms with E-state index in [1.54, 1.807) is 6.20 Å². The lowest BCUT2D eigenvalue weighted by Crippen LogP contribution is -2.45. The molecule has 0 aromatic carbocycles. The first-order valence-electron chi connectivity index (χ1n) is 6.66. The van der Waals surface area contributed by atoms with Gasteiger partial charge in [-0.15, -0.1) is 0 Å². The van der Waals surface area contributed by atoms with E-state index in [9.17, 15) is 5.11 Å². The van der Waals surface area contributed by atoms with Crippen LogP contribution in [0.4, 0.5) is 11.5 Å². The summed E-state index contributed by atoms with van der Waals surface area (Å²) in [5.41, 5.74) is 7.39. The van der Waals surface area contributed by atoms with Gasteiger partial charge >= 0.3 is 0 Å². The third kappa shape index (κ3) is 2.75. The number of aryl methyl sites for hydroxylation is 1. The van der Waals surface area contributed by atoms with Crippen molar-refractivity contribution in [1.29, 1.82) is 0 Å². The van der Waals surface area contributed by atoms with Crippen LogP contribution in [-0.4, -0.2) is 22.2 Å². The first kappa shape index (κ1) is 13.1. The first-order valence-corrected chi connectivity index (χ1v) is 6.66. The van der Waals surface area contributed by atoms with E-state index < -0.39 is 0 Å². The first-order chi connectivity index (χ1) is 8.54. The van der Waals surface area contributed by atoms with Gasteiger partial charge in [0.05, 0.1) is 12.1 Å². The Morgan fingerprint density at radius 2 is 2.17 bits per heavy atom. The molecule has 0 amide bonds. The molecule has 1 aromatic heterocycles. The Labute approximate surface area is 109 Å². The molecule has 4 heteroatoms. The Morgan fingerprint density at radius 1 is 1.50 bits per heavy atom. The van der Waals surface area contributed by atoms with Gasteiger partial charge in [0, 0.05) is 18.0 Å². The van der Waals surface area contributed by atoms with E-state index in [1.807, 2.05) is 13.0 Å². The van der Waals surface area contributed by atoms with Gasteiger partial charge < -0.3 is 16.2 Å². The van der Waals surface area contributed by atoms with E-state index in [2.05, 4.69) is 17.2 Å². The topological polar surface area (TPSA) is 71.2 Å². The number of aliphatic hydroxyl groups is 1. The van der Waals surface area contributed by atoms with Gasteiger partial charge in [0.1, 0.15) is 5.82 Å². The number of nitrogens with zero attached hydrogens (tertiary/aromatic N) is 1. The van der Waals surface area contributed by atoms with Crippen LogP contribution in [0.5, 0.6) is 0 Å². The molecule has 18 heavy (non-hydrogen) atoms. The van der Waals surface area contributed by atoms with E-state index in [0.717, 1.165) is 48.7 Å². The molecule has 1 fully saturated rings. The van der Waals surface area contributed by atoms with E-state index in [0.29, 0.717) is 0 Å². The fourth-order valence-corrected chi connectivity index (χ4v) is 2.52. The fourth-order valence-electron chi connectivity index (χ4n) is 2.52. The smallest absolute Gasteiger partial charge is 0.128 e. The van der Waals surface area contributed by atoms with Crippen LogP contribution in [0.15, 0.2) is 12.3 Å². The standard InChI is InChI=1S/C14H23N3O/c1-10-3-5-14(9-18,6-4-10)17-13-7-12(15)11(2)8-16-13/h7-8,10,18H,3-6,9H2,1-2H3,(H3,15,16,17). The van der Waals surface area contributed by atoms with Gasteiger partial charge in [-0.25, -0.2) is 4.98 Å². The number of hydrogen-bond donors (Lipinski definition) is 3. The van der Waals surface area contributed by atoms with Crippen molar-refractivity contribution < 1.29 is 5.11 Å². The zero-order valence-corrected chi connectivity index (χ0v) is 11.2. The van der Waals surface area contributed by atoms with Crippen molar-refractivity contribution in [2.75, 3.05) is 17.7 Å². The molecule has 0 bridgehead atoms. The van der Waals surface area contributed by atoms with Crippen molar-refractivity contribution in [1.82, 2.24) is 4.98 Å². The molecule has 100 valence electrons. The number of rotatable bonds is 3. The van der Waals surface area contributed by atoms with Gasteiger partial charge in [0.15, 0.2) is 0 Å². The minimum absolute atomic E-state index is 0.148. The Kier molecular flexibility index (Phi) is 3.76. The van der Waals surface area contributed by atoms with Crippen LogP contribution in [0.3, 0.4) is 0 Å². The average Bonchev–Trinajstić information content (AvgIpc) is 2.37. The highest BCUT2D eigenvalue weighted by atomic mass is 16.3. The predicted octanol–water partition coefficient (Wildman–Crippen LogP) is 2.33. The molecule has 0 radical (unpaired) electrons. The summed E-state index contributed by atoms with van der Waals surface area (Å²) in [6.07, 6.45) is 6.04. The highest BCUT2D eigenvalue weighted by Crippen LogP contribution is 2.34. The monoisotopic (exact) mass is 249 g/mol. The molecule has 0 unspecified atom stereocenters. The number of aromatic nitrogens is 1. The van der Waals surface area contributed by atoms with E-state index in [-0.39, 0.29) is 12.1 Å². The molecule has 1 aliphatic rings. The Hall–Kier alpha value is -1.29. The maximum Gasteiger partial charge on any atom is 0.128 e. The van der Waals surface area contributed by atoms with E-state index >= 15 is 0 Å². The SMILES string of the molecule is Cc1cnc(NC2(CO)CCC(C)CC2)cc1N. The van der Waals surface area contributed by atoms with Gasteiger partial charge in [-0.3, -0.25) is 0 Å². The number of aliphatic hydroxyl groups excluding tert-OH is 1. The van der Waals surface area contributed by atoms with Crippen LogP contribution in [0.25, 0.3) is 0 Å². The molecular weight excluding hydrogens is 226 g/mol. The summed E-state index contributed by atoms with van der Waals surface area (Å²) in [5, 5.41) is 13.1. The molecule has 4 N–H and O–H groups in total. The molecule has 1 aromatic rings. The lowest BCUT2D eigenvalue weighted by atomic mass is 9.77. The van der Waals surface area contributed by atoms with Crippen LogP contribution < -0.4 is 11.1 Å². The number of nitrogens with one attached hydrogen (secondary N) is 1. The lowest BCUT2D eigenvalue weighted by molar-refractivity contribution is 0.155. The maximum atomic E-state index is 9.69. The van der Waals surface area contributed by atoms with E-state index in [4.69, 9.17) is 5.73 Å². The van der Waals surface area contributed by atoms with Crippen LogP contribution in [-0.2, 0) is 0 Å². The predicted molar refractivity (Wildman–Crippen MR) is 74.5 cm³/mol. The molecule has 0 atom stereocenters. The van der Waals surface area contributed by atoms with Crippen molar-refractivity contribution >= 4 is 11.5 Å². The van der Waals surface area contributed by atoms with Crippen LogP contribution in [0.1, 0.15) is 38.2 Å². The number of pyridine rings is 1. The number of nitrogens with two attached hydrogens (primary N) is 1. The molecule has 0 saturated heterocycles. The van der Waals surface area contributed by atoms with Gasteiger partial charge in [0.25, 0.3) is 0 Å². The second kappa shape index (κ2) is 5.14. The summed E-state index contributed by atoms with van der Waals surface area (Å²) in [4.78, 5) is 4.34. The van der Waals surface area contributed by atoms with Crippen molar-refractivity contribution in [3.63, 3.8) is 0 Å². The second-order valence-corrected chi connectivity index (χ2v) is 5.67. The average molecular weight is 249 g/mol. The number of anilines is 2. The summed E-state index contributed by atoms with van der Waals surface area (Å²) < 4.78 is 0. The van der Waals surface area contributed by atoms with E-state index in [1.165, 1.54) is 0 Å². The van der Waals surface area contributed by atoms with Crippen molar-refractivity contribution in [2.45, 2.75) is 45.1 Å². The molecule has 0 spiro atoms. The molecule has 1 aliphatic carbocycles. The second-order valence-electron chi connectivity index (χ2n) is 5.67. The molecular formula is C14H23N3O.